The molecule has 3 nitrogen and oxygen atoms in total. The molecular formula is C28H22F2N2O. The summed E-state index contributed by atoms with van der Waals surface area (Å²) in [6, 6.07) is 31.3. The van der Waals surface area contributed by atoms with Gasteiger partial charge in [-0.2, -0.15) is 0 Å². The first-order chi connectivity index (χ1) is 16.1. The van der Waals surface area contributed by atoms with Crippen molar-refractivity contribution in [3.05, 3.63) is 131 Å². The standard InChI is InChI=1S/C28H22F2N2O/c29-25-16-13-21(19-26(25)30)20-11-14-24(15-12-20)28(22-7-3-1-4-8-22,23-9-5-2-6-10-23)32-18-17-31-27(32)33/h1-16,19H,17-18H2,(H,31,33). The number of nitrogens with one attached hydrogen (secondary N) is 1. The lowest BCUT2D eigenvalue weighted by Crippen LogP contribution is -2.49. The van der Waals surface area contributed by atoms with Crippen LogP contribution in [-0.2, 0) is 5.54 Å². The Balaban J connectivity index is 1.72. The maximum atomic E-state index is 13.8. The van der Waals surface area contributed by atoms with E-state index in [1.54, 1.807) is 6.07 Å². The molecule has 164 valence electrons. The van der Waals surface area contributed by atoms with E-state index >= 15 is 0 Å². The van der Waals surface area contributed by atoms with Crippen molar-refractivity contribution in [2.24, 2.45) is 0 Å². The fourth-order valence-electron chi connectivity index (χ4n) is 4.70. The van der Waals surface area contributed by atoms with E-state index in [2.05, 4.69) is 5.32 Å². The van der Waals surface area contributed by atoms with Gasteiger partial charge in [-0.25, -0.2) is 13.6 Å². The summed E-state index contributed by atoms with van der Waals surface area (Å²) >= 11 is 0. The molecule has 1 heterocycles. The first-order valence-corrected chi connectivity index (χ1v) is 10.8. The fourth-order valence-corrected chi connectivity index (χ4v) is 4.70. The third kappa shape index (κ3) is 3.55. The van der Waals surface area contributed by atoms with Gasteiger partial charge in [0.1, 0.15) is 5.54 Å². The van der Waals surface area contributed by atoms with Gasteiger partial charge in [0.2, 0.25) is 0 Å². The lowest BCUT2D eigenvalue weighted by Gasteiger charge is -2.43. The topological polar surface area (TPSA) is 32.3 Å². The number of nitrogens with zero attached hydrogens (tertiary/aromatic N) is 1. The summed E-state index contributed by atoms with van der Waals surface area (Å²) < 4.78 is 27.2. The van der Waals surface area contributed by atoms with Gasteiger partial charge < -0.3 is 10.2 Å². The highest BCUT2D eigenvalue weighted by atomic mass is 19.2. The van der Waals surface area contributed by atoms with E-state index in [4.69, 9.17) is 0 Å². The van der Waals surface area contributed by atoms with E-state index in [9.17, 15) is 13.6 Å². The number of hydrogen-bond donors (Lipinski definition) is 1. The lowest BCUT2D eigenvalue weighted by atomic mass is 9.75. The molecule has 0 radical (unpaired) electrons. The van der Waals surface area contributed by atoms with E-state index < -0.39 is 17.2 Å². The second-order valence-electron chi connectivity index (χ2n) is 8.03. The molecule has 1 fully saturated rings. The van der Waals surface area contributed by atoms with Gasteiger partial charge in [0, 0.05) is 13.1 Å². The SMILES string of the molecule is O=C1NCCN1C(c1ccccc1)(c1ccccc1)c1ccc(-c2ccc(F)c(F)c2)cc1. The van der Waals surface area contributed by atoms with Gasteiger partial charge in [-0.05, 0) is 39.9 Å². The number of urea groups is 1. The third-order valence-corrected chi connectivity index (χ3v) is 6.20. The van der Waals surface area contributed by atoms with Gasteiger partial charge in [0.15, 0.2) is 11.6 Å². The second kappa shape index (κ2) is 8.51. The molecule has 1 aliphatic heterocycles. The Morgan fingerprint density at radius 3 is 1.73 bits per heavy atom. The molecule has 4 aromatic carbocycles. The maximum Gasteiger partial charge on any atom is 0.318 e. The predicted octanol–water partition coefficient (Wildman–Crippen LogP) is 5.95. The normalized spacial score (nSPS) is 13.8. The Morgan fingerprint density at radius 2 is 1.21 bits per heavy atom. The molecule has 2 amide bonds. The molecule has 1 aliphatic rings. The summed E-state index contributed by atoms with van der Waals surface area (Å²) in [5.41, 5.74) is 3.34. The minimum Gasteiger partial charge on any atom is -0.336 e. The summed E-state index contributed by atoms with van der Waals surface area (Å²) in [6.45, 7) is 1.11. The summed E-state index contributed by atoms with van der Waals surface area (Å²) in [4.78, 5) is 14.9. The molecule has 5 rings (SSSR count). The molecule has 0 atom stereocenters. The molecule has 1 N–H and O–H groups in total. The van der Waals surface area contributed by atoms with Gasteiger partial charge in [0.05, 0.1) is 0 Å². The first kappa shape index (κ1) is 20.9. The van der Waals surface area contributed by atoms with Crippen LogP contribution in [0.2, 0.25) is 0 Å². The summed E-state index contributed by atoms with van der Waals surface area (Å²) in [6.07, 6.45) is 0. The Hall–Kier alpha value is -3.99. The number of hydrogen-bond acceptors (Lipinski definition) is 1. The number of carbonyl (C=O) groups is 1. The molecule has 0 aromatic heterocycles. The van der Waals surface area contributed by atoms with Crippen LogP contribution < -0.4 is 5.32 Å². The monoisotopic (exact) mass is 440 g/mol. The van der Waals surface area contributed by atoms with E-state index in [0.717, 1.165) is 28.3 Å². The molecular weight excluding hydrogens is 418 g/mol. The van der Waals surface area contributed by atoms with Gasteiger partial charge in [-0.15, -0.1) is 0 Å². The van der Waals surface area contributed by atoms with Gasteiger partial charge in [0.25, 0.3) is 0 Å². The predicted molar refractivity (Wildman–Crippen MR) is 125 cm³/mol. The van der Waals surface area contributed by atoms with E-state index in [-0.39, 0.29) is 6.03 Å². The van der Waals surface area contributed by atoms with Gasteiger partial charge >= 0.3 is 6.03 Å². The second-order valence-corrected chi connectivity index (χ2v) is 8.03. The van der Waals surface area contributed by atoms with Crippen molar-refractivity contribution >= 4 is 6.03 Å². The highest BCUT2D eigenvalue weighted by Gasteiger charge is 2.46. The highest BCUT2D eigenvalue weighted by Crippen LogP contribution is 2.43. The van der Waals surface area contributed by atoms with E-state index in [1.807, 2.05) is 89.8 Å². The minimum absolute atomic E-state index is 0.132. The minimum atomic E-state index is -0.881. The summed E-state index contributed by atoms with van der Waals surface area (Å²) in [5.74, 6) is -1.75. The van der Waals surface area contributed by atoms with Gasteiger partial charge in [-0.1, -0.05) is 91.0 Å². The lowest BCUT2D eigenvalue weighted by molar-refractivity contribution is 0.181. The van der Waals surface area contributed by atoms with Crippen LogP contribution in [0, 0.1) is 11.6 Å². The number of carbonyl (C=O) groups excluding carboxylic acids is 1. The van der Waals surface area contributed by atoms with Crippen LogP contribution in [-0.4, -0.2) is 24.0 Å². The van der Waals surface area contributed by atoms with E-state index in [1.165, 1.54) is 6.07 Å². The molecule has 4 aromatic rings. The van der Waals surface area contributed by atoms with Crippen LogP contribution in [0.15, 0.2) is 103 Å². The van der Waals surface area contributed by atoms with Crippen LogP contribution in [0.1, 0.15) is 16.7 Å². The van der Waals surface area contributed by atoms with Crippen LogP contribution in [0.4, 0.5) is 13.6 Å². The largest absolute Gasteiger partial charge is 0.336 e. The molecule has 0 unspecified atom stereocenters. The zero-order chi connectivity index (χ0) is 22.8. The van der Waals surface area contributed by atoms with Crippen LogP contribution in [0.5, 0.6) is 0 Å². The molecule has 33 heavy (non-hydrogen) atoms. The van der Waals surface area contributed by atoms with Crippen molar-refractivity contribution in [3.8, 4) is 11.1 Å². The zero-order valence-electron chi connectivity index (χ0n) is 17.8. The van der Waals surface area contributed by atoms with Crippen molar-refractivity contribution < 1.29 is 13.6 Å². The van der Waals surface area contributed by atoms with Crippen LogP contribution in [0.3, 0.4) is 0 Å². The average molecular weight is 440 g/mol. The first-order valence-electron chi connectivity index (χ1n) is 10.8. The van der Waals surface area contributed by atoms with Crippen LogP contribution in [0.25, 0.3) is 11.1 Å². The summed E-state index contributed by atoms with van der Waals surface area (Å²) in [5, 5.41) is 2.94. The maximum absolute atomic E-state index is 13.8. The molecule has 0 aliphatic carbocycles. The Labute approximate surface area is 191 Å². The van der Waals surface area contributed by atoms with Crippen molar-refractivity contribution in [2.45, 2.75) is 5.54 Å². The van der Waals surface area contributed by atoms with Crippen molar-refractivity contribution in [2.75, 3.05) is 13.1 Å². The summed E-state index contributed by atoms with van der Waals surface area (Å²) in [7, 11) is 0. The molecule has 0 saturated carbocycles. The fraction of sp³-hybridized carbons (Fsp3) is 0.107. The molecule has 0 spiro atoms. The number of amides is 2. The van der Waals surface area contributed by atoms with E-state index in [0.29, 0.717) is 18.7 Å². The quantitative estimate of drug-likeness (QED) is 0.382. The highest BCUT2D eigenvalue weighted by molar-refractivity contribution is 5.79. The Kier molecular flexibility index (Phi) is 5.38. The smallest absolute Gasteiger partial charge is 0.318 e. The average Bonchev–Trinajstić information content (AvgIpc) is 3.29. The van der Waals surface area contributed by atoms with Crippen molar-refractivity contribution in [1.82, 2.24) is 10.2 Å². The Bertz CT molecular complexity index is 1240. The number of rotatable bonds is 5. The molecule has 5 heteroatoms. The number of benzene rings is 4. The zero-order valence-corrected chi connectivity index (χ0v) is 17.8. The third-order valence-electron chi connectivity index (χ3n) is 6.20. The number of halogens is 2. The van der Waals surface area contributed by atoms with Crippen molar-refractivity contribution in [3.63, 3.8) is 0 Å². The van der Waals surface area contributed by atoms with Crippen molar-refractivity contribution in [1.29, 1.82) is 0 Å². The molecule has 0 bridgehead atoms. The molecule has 1 saturated heterocycles. The Morgan fingerprint density at radius 1 is 0.667 bits per heavy atom. The van der Waals surface area contributed by atoms with Gasteiger partial charge in [-0.3, -0.25) is 0 Å². The van der Waals surface area contributed by atoms with Crippen LogP contribution >= 0.6 is 0 Å².